The van der Waals surface area contributed by atoms with E-state index < -0.39 is 34.4 Å². The van der Waals surface area contributed by atoms with Crippen LogP contribution < -0.4 is 10.2 Å². The molecule has 0 spiro atoms. The smallest absolute Gasteiger partial charge is 0.370 e. The van der Waals surface area contributed by atoms with Crippen molar-refractivity contribution in [1.82, 2.24) is 14.9 Å². The van der Waals surface area contributed by atoms with Crippen LogP contribution in [0.3, 0.4) is 0 Å². The summed E-state index contributed by atoms with van der Waals surface area (Å²) in [5, 5.41) is 3.32. The fraction of sp³-hybridized carbons (Fsp3) is 0.562. The summed E-state index contributed by atoms with van der Waals surface area (Å²) in [6.45, 7) is 2.14. The Kier molecular flexibility index (Phi) is 4.85. The number of hydrogen-bond acceptors (Lipinski definition) is 7. The van der Waals surface area contributed by atoms with Gasteiger partial charge < -0.3 is 15.1 Å². The number of hydrogen-bond donors (Lipinski definition) is 2. The zero-order valence-corrected chi connectivity index (χ0v) is 15.8. The van der Waals surface area contributed by atoms with Gasteiger partial charge in [-0.15, -0.1) is 4.28 Å². The number of anilines is 2. The summed E-state index contributed by atoms with van der Waals surface area (Å²) in [4.78, 5) is 32.8. The van der Waals surface area contributed by atoms with Gasteiger partial charge in [0.05, 0.1) is 17.9 Å². The summed E-state index contributed by atoms with van der Waals surface area (Å²) in [5.41, 5.74) is 1.00. The number of rotatable bonds is 5. The Hall–Kier alpha value is -2.44. The molecule has 0 aromatic carbocycles. The van der Waals surface area contributed by atoms with Crippen molar-refractivity contribution >= 4 is 33.8 Å². The lowest BCUT2D eigenvalue weighted by Gasteiger charge is -2.29. The van der Waals surface area contributed by atoms with Crippen molar-refractivity contribution in [2.45, 2.75) is 37.8 Å². The number of carbonyl (C=O) groups excluding carboxylic acids is 2. The third-order valence-electron chi connectivity index (χ3n) is 5.27. The lowest BCUT2D eigenvalue weighted by atomic mass is 10.0. The summed E-state index contributed by atoms with van der Waals surface area (Å²) >= 11 is 0. The molecule has 12 heteroatoms. The number of hydroxylamine groups is 2. The third kappa shape index (κ3) is 3.75. The summed E-state index contributed by atoms with van der Waals surface area (Å²) in [7, 11) is -4.81. The van der Waals surface area contributed by atoms with Gasteiger partial charge in [0.1, 0.15) is 11.9 Å². The first-order valence-corrected chi connectivity index (χ1v) is 10.5. The lowest BCUT2D eigenvalue weighted by Crippen LogP contribution is -2.47. The predicted molar refractivity (Wildman–Crippen MR) is 97.7 cm³/mol. The first kappa shape index (κ1) is 18.9. The van der Waals surface area contributed by atoms with Gasteiger partial charge in [-0.3, -0.25) is 9.35 Å². The third-order valence-corrected chi connectivity index (χ3v) is 5.62. The molecule has 0 radical (unpaired) electrons. The molecule has 28 heavy (non-hydrogen) atoms. The SMILES string of the molecule is O=C(Nc1ccc(N2CCCC2)cn1)C1CCC2CN1C(=O)N2OS(=O)(=O)O. The molecule has 2 unspecified atom stereocenters. The van der Waals surface area contributed by atoms with E-state index >= 15 is 0 Å². The van der Waals surface area contributed by atoms with Crippen LogP contribution in [0.2, 0.25) is 0 Å². The lowest BCUT2D eigenvalue weighted by molar-refractivity contribution is -0.120. The van der Waals surface area contributed by atoms with Crippen molar-refractivity contribution in [3.63, 3.8) is 0 Å². The molecule has 3 aliphatic heterocycles. The number of carbonyl (C=O) groups is 2. The molecule has 3 saturated heterocycles. The van der Waals surface area contributed by atoms with Gasteiger partial charge in [0.15, 0.2) is 0 Å². The Bertz CT molecular complexity index is 870. The molecular weight excluding hydrogens is 390 g/mol. The van der Waals surface area contributed by atoms with Crippen molar-refractivity contribution in [1.29, 1.82) is 0 Å². The van der Waals surface area contributed by atoms with E-state index in [9.17, 15) is 18.0 Å². The van der Waals surface area contributed by atoms with Crippen LogP contribution in [-0.2, 0) is 19.5 Å². The Labute approximate surface area is 162 Å². The zero-order chi connectivity index (χ0) is 19.9. The summed E-state index contributed by atoms with van der Waals surface area (Å²) < 4.78 is 35.0. The zero-order valence-electron chi connectivity index (χ0n) is 15.0. The molecule has 0 aliphatic carbocycles. The van der Waals surface area contributed by atoms with Crippen LogP contribution in [0.25, 0.3) is 0 Å². The second kappa shape index (κ2) is 7.18. The molecule has 0 saturated carbocycles. The van der Waals surface area contributed by atoms with E-state index in [0.29, 0.717) is 23.7 Å². The van der Waals surface area contributed by atoms with Crippen LogP contribution in [0.1, 0.15) is 25.7 Å². The van der Waals surface area contributed by atoms with E-state index in [-0.39, 0.29) is 6.54 Å². The van der Waals surface area contributed by atoms with Crippen LogP contribution in [-0.4, -0.2) is 71.6 Å². The van der Waals surface area contributed by atoms with Crippen molar-refractivity contribution in [3.05, 3.63) is 18.3 Å². The van der Waals surface area contributed by atoms with Crippen molar-refractivity contribution < 1.29 is 26.8 Å². The number of nitrogens with one attached hydrogen (secondary N) is 1. The molecule has 11 nitrogen and oxygen atoms in total. The standard InChI is InChI=1S/C16H21N5O6S/c22-15(18-14-6-4-11(9-17-14)19-7-1-2-8-19)13-5-3-12-10-20(13)16(23)21(12)27-28(24,25)26/h4,6,9,12-13H,1-3,5,7-8,10H2,(H,17,18,22)(H,24,25,26). The molecule has 4 rings (SSSR count). The van der Waals surface area contributed by atoms with Crippen LogP contribution in [0.15, 0.2) is 18.3 Å². The maximum absolute atomic E-state index is 12.7. The average molecular weight is 411 g/mol. The van der Waals surface area contributed by atoms with Crippen LogP contribution in [0.5, 0.6) is 0 Å². The van der Waals surface area contributed by atoms with Gasteiger partial charge in [0, 0.05) is 19.6 Å². The maximum atomic E-state index is 12.7. The van der Waals surface area contributed by atoms with E-state index in [4.69, 9.17) is 4.55 Å². The minimum Gasteiger partial charge on any atom is -0.370 e. The van der Waals surface area contributed by atoms with Crippen molar-refractivity contribution in [3.8, 4) is 0 Å². The van der Waals surface area contributed by atoms with Gasteiger partial charge in [-0.25, -0.2) is 9.78 Å². The second-order valence-corrected chi connectivity index (χ2v) is 8.10. The van der Waals surface area contributed by atoms with Crippen molar-refractivity contribution in [2.75, 3.05) is 29.9 Å². The highest BCUT2D eigenvalue weighted by atomic mass is 32.3. The van der Waals surface area contributed by atoms with E-state index in [1.165, 1.54) is 4.90 Å². The minimum atomic E-state index is -4.81. The molecule has 3 amide bonds. The second-order valence-electron chi connectivity index (χ2n) is 7.10. The number of nitrogens with zero attached hydrogens (tertiary/aromatic N) is 4. The van der Waals surface area contributed by atoms with E-state index in [0.717, 1.165) is 31.6 Å². The molecular formula is C16H21N5O6S. The van der Waals surface area contributed by atoms with Crippen LogP contribution >= 0.6 is 0 Å². The Balaban J connectivity index is 1.41. The molecule has 1 aromatic heterocycles. The van der Waals surface area contributed by atoms with Gasteiger partial charge >= 0.3 is 16.4 Å². The molecule has 2 bridgehead atoms. The largest absolute Gasteiger partial charge is 0.418 e. The number of fused-ring (bicyclic) bond motifs is 2. The predicted octanol–water partition coefficient (Wildman–Crippen LogP) is 0.623. The molecule has 2 N–H and O–H groups in total. The van der Waals surface area contributed by atoms with Gasteiger partial charge in [-0.2, -0.15) is 13.5 Å². The van der Waals surface area contributed by atoms with Crippen molar-refractivity contribution in [2.24, 2.45) is 0 Å². The molecule has 3 fully saturated rings. The average Bonchev–Trinajstić information content (AvgIpc) is 3.26. The first-order chi connectivity index (χ1) is 13.3. The van der Waals surface area contributed by atoms with E-state index in [2.05, 4.69) is 19.5 Å². The van der Waals surface area contributed by atoms with Crippen LogP contribution in [0, 0.1) is 0 Å². The maximum Gasteiger partial charge on any atom is 0.418 e. The minimum absolute atomic E-state index is 0.147. The van der Waals surface area contributed by atoms with E-state index in [1.54, 1.807) is 12.3 Å². The Morgan fingerprint density at radius 3 is 2.64 bits per heavy atom. The number of piperidine rings is 1. The molecule has 1 aromatic rings. The van der Waals surface area contributed by atoms with Gasteiger partial charge in [0.2, 0.25) is 5.91 Å². The monoisotopic (exact) mass is 411 g/mol. The van der Waals surface area contributed by atoms with E-state index in [1.807, 2.05) is 6.07 Å². The van der Waals surface area contributed by atoms with Crippen LogP contribution in [0.4, 0.5) is 16.3 Å². The summed E-state index contributed by atoms with van der Waals surface area (Å²) in [6.07, 6.45) is 4.74. The molecule has 3 aliphatic rings. The van der Waals surface area contributed by atoms with Gasteiger partial charge in [-0.1, -0.05) is 0 Å². The summed E-state index contributed by atoms with van der Waals surface area (Å²) in [6, 6.07) is 1.55. The van der Waals surface area contributed by atoms with Gasteiger partial charge in [0.25, 0.3) is 0 Å². The highest BCUT2D eigenvalue weighted by Crippen LogP contribution is 2.31. The normalized spacial score (nSPS) is 24.8. The number of amides is 3. The number of pyridine rings is 1. The highest BCUT2D eigenvalue weighted by molar-refractivity contribution is 7.80. The topological polar surface area (TPSA) is 132 Å². The first-order valence-electron chi connectivity index (χ1n) is 9.10. The van der Waals surface area contributed by atoms with Gasteiger partial charge in [-0.05, 0) is 37.8 Å². The number of urea groups is 1. The molecule has 2 atom stereocenters. The quantitative estimate of drug-likeness (QED) is 0.674. The molecule has 152 valence electrons. The number of aromatic nitrogens is 1. The molecule has 4 heterocycles. The Morgan fingerprint density at radius 1 is 1.25 bits per heavy atom. The fourth-order valence-electron chi connectivity index (χ4n) is 3.94. The highest BCUT2D eigenvalue weighted by Gasteiger charge is 2.49. The fourth-order valence-corrected chi connectivity index (χ4v) is 4.32. The Morgan fingerprint density at radius 2 is 2.00 bits per heavy atom. The summed E-state index contributed by atoms with van der Waals surface area (Å²) in [5.74, 6) is -0.0188.